The van der Waals surface area contributed by atoms with Gasteiger partial charge in [-0.3, -0.25) is 0 Å². The molecule has 2 aliphatic rings. The molecule has 0 amide bonds. The lowest BCUT2D eigenvalue weighted by Crippen LogP contribution is -2.29. The van der Waals surface area contributed by atoms with E-state index in [9.17, 15) is 0 Å². The molecule has 252 valence electrons. The Morgan fingerprint density at radius 2 is 0.878 bits per heavy atom. The molecular formula is C38H36Cl4N6O. The van der Waals surface area contributed by atoms with Gasteiger partial charge >= 0.3 is 0 Å². The summed E-state index contributed by atoms with van der Waals surface area (Å²) in [6, 6.07) is 37.7. The smallest absolute Gasteiger partial charge is 0.151 e. The minimum Gasteiger partial charge on any atom is -0.412 e. The van der Waals surface area contributed by atoms with E-state index in [1.165, 1.54) is 43.8 Å². The average Bonchev–Trinajstić information content (AvgIpc) is 3.12. The van der Waals surface area contributed by atoms with Crippen LogP contribution in [-0.4, -0.2) is 52.0 Å². The van der Waals surface area contributed by atoms with Crippen LogP contribution < -0.4 is 9.80 Å². The van der Waals surface area contributed by atoms with E-state index in [0.717, 1.165) is 50.7 Å². The lowest BCUT2D eigenvalue weighted by Gasteiger charge is -2.27. The van der Waals surface area contributed by atoms with Gasteiger partial charge in [0, 0.05) is 26.2 Å². The van der Waals surface area contributed by atoms with Gasteiger partial charge in [0.2, 0.25) is 0 Å². The number of aromatic nitrogens is 4. The number of fused-ring (bicyclic) bond motifs is 2. The highest BCUT2D eigenvalue weighted by Crippen LogP contribution is 2.29. The fraction of sp³-hybridized carbons (Fsp3) is 0.158. The summed E-state index contributed by atoms with van der Waals surface area (Å²) < 4.78 is 0. The molecule has 0 atom stereocenters. The Kier molecular flexibility index (Phi) is 13.4. The zero-order chi connectivity index (χ0) is 31.3. The molecule has 0 bridgehead atoms. The molecule has 0 spiro atoms. The molecule has 6 aromatic rings. The van der Waals surface area contributed by atoms with Gasteiger partial charge in [-0.25, -0.2) is 0 Å². The van der Waals surface area contributed by atoms with E-state index in [2.05, 4.69) is 127 Å². The fourth-order valence-electron chi connectivity index (χ4n) is 6.01. The van der Waals surface area contributed by atoms with Gasteiger partial charge in [-0.1, -0.05) is 108 Å². The second-order valence-corrected chi connectivity index (χ2v) is 12.2. The number of hydrogen-bond acceptors (Lipinski definition) is 6. The summed E-state index contributed by atoms with van der Waals surface area (Å²) in [5, 5.41) is 22.1. The van der Waals surface area contributed by atoms with Crippen LogP contribution in [0, 0.1) is 0 Å². The Morgan fingerprint density at radius 1 is 0.469 bits per heavy atom. The third-order valence-electron chi connectivity index (χ3n) is 8.54. The molecule has 0 saturated heterocycles. The first kappa shape index (κ1) is 37.6. The van der Waals surface area contributed by atoms with Crippen molar-refractivity contribution >= 4 is 92.3 Å². The second-order valence-electron chi connectivity index (χ2n) is 11.4. The molecule has 4 heterocycles. The van der Waals surface area contributed by atoms with Crippen molar-refractivity contribution in [2.24, 2.45) is 0 Å². The van der Waals surface area contributed by atoms with E-state index in [4.69, 9.17) is 23.2 Å². The topological polar surface area (TPSA) is 89.5 Å². The van der Waals surface area contributed by atoms with Crippen molar-refractivity contribution in [1.82, 2.24) is 20.4 Å². The molecule has 49 heavy (non-hydrogen) atoms. The first-order chi connectivity index (χ1) is 22.6. The Bertz CT molecular complexity index is 1910. The average molecular weight is 735 g/mol. The van der Waals surface area contributed by atoms with Crippen LogP contribution in [0.4, 0.5) is 11.6 Å². The van der Waals surface area contributed by atoms with E-state index in [0.29, 0.717) is 10.3 Å². The summed E-state index contributed by atoms with van der Waals surface area (Å²) in [7, 11) is 0. The summed E-state index contributed by atoms with van der Waals surface area (Å²) in [6.07, 6.45) is 6.57. The number of benzene rings is 4. The highest BCUT2D eigenvalue weighted by molar-refractivity contribution is 6.29. The fourth-order valence-corrected chi connectivity index (χ4v) is 6.21. The normalized spacial score (nSPS) is 13.9. The lowest BCUT2D eigenvalue weighted by atomic mass is 9.97. The van der Waals surface area contributed by atoms with Crippen LogP contribution in [0.1, 0.15) is 24.0 Å². The van der Waals surface area contributed by atoms with Crippen molar-refractivity contribution in [2.45, 2.75) is 12.8 Å². The van der Waals surface area contributed by atoms with E-state index in [1.54, 1.807) is 12.1 Å². The van der Waals surface area contributed by atoms with Crippen LogP contribution in [0.2, 0.25) is 10.3 Å². The maximum Gasteiger partial charge on any atom is 0.151 e. The van der Waals surface area contributed by atoms with Crippen LogP contribution in [0.15, 0.2) is 121 Å². The van der Waals surface area contributed by atoms with Crippen LogP contribution >= 0.6 is 48.0 Å². The van der Waals surface area contributed by atoms with Crippen molar-refractivity contribution in [2.75, 3.05) is 36.0 Å². The zero-order valence-corrected chi connectivity index (χ0v) is 29.7. The molecule has 7 nitrogen and oxygen atoms in total. The van der Waals surface area contributed by atoms with Crippen molar-refractivity contribution < 1.29 is 5.48 Å². The summed E-state index contributed by atoms with van der Waals surface area (Å²) in [6.45, 7) is 3.57. The Morgan fingerprint density at radius 3 is 1.22 bits per heavy atom. The molecule has 0 saturated carbocycles. The molecule has 2 aromatic heterocycles. The largest absolute Gasteiger partial charge is 0.412 e. The molecule has 0 unspecified atom stereocenters. The Hall–Kier alpha value is -4.24. The monoisotopic (exact) mass is 732 g/mol. The highest BCUT2D eigenvalue weighted by atomic mass is 35.5. The summed E-state index contributed by atoms with van der Waals surface area (Å²) in [5.74, 6) is 1.76. The van der Waals surface area contributed by atoms with Crippen molar-refractivity contribution in [3.63, 3.8) is 0 Å². The van der Waals surface area contributed by atoms with Crippen molar-refractivity contribution in [3.8, 4) is 0 Å². The Labute approximate surface area is 308 Å². The highest BCUT2D eigenvalue weighted by Gasteiger charge is 2.16. The third-order valence-corrected chi connectivity index (χ3v) is 8.95. The molecular weight excluding hydrogens is 698 g/mol. The van der Waals surface area contributed by atoms with E-state index in [1.807, 2.05) is 12.1 Å². The number of halogens is 4. The standard InChI is InChI=1S/2C19H16ClN3.2ClH.H2O/c2*20-18-7-8-19(22-21-18)23-11-9-15(10-12-23)17-6-5-14-3-1-2-4-16(14)13-17;;;/h2*1-9,13H,10-12H2;2*1H;1H2. The summed E-state index contributed by atoms with van der Waals surface area (Å²) in [4.78, 5) is 4.43. The maximum atomic E-state index is 5.80. The first-order valence-electron chi connectivity index (χ1n) is 15.4. The number of rotatable bonds is 4. The minimum absolute atomic E-state index is 0. The maximum absolute atomic E-state index is 5.80. The van der Waals surface area contributed by atoms with Gasteiger partial charge < -0.3 is 15.3 Å². The molecule has 0 fully saturated rings. The SMILES string of the molecule is Cl.Cl.Clc1ccc(N2CC=C(c3ccc4ccccc4c3)CC2)nn1.Clc1ccc(N2CC=C(c3ccc4ccccc4c3)CC2)nn1.O. The van der Waals surface area contributed by atoms with Gasteiger partial charge in [0.1, 0.15) is 0 Å². The van der Waals surface area contributed by atoms with Gasteiger partial charge in [-0.05, 0) is 93.1 Å². The number of anilines is 2. The van der Waals surface area contributed by atoms with Crippen LogP contribution in [0.3, 0.4) is 0 Å². The molecule has 8 rings (SSSR count). The van der Waals surface area contributed by atoms with Crippen LogP contribution in [0.5, 0.6) is 0 Å². The van der Waals surface area contributed by atoms with Gasteiger partial charge in [-0.15, -0.1) is 45.2 Å². The summed E-state index contributed by atoms with van der Waals surface area (Å²) >= 11 is 11.6. The van der Waals surface area contributed by atoms with Crippen LogP contribution in [0.25, 0.3) is 32.7 Å². The van der Waals surface area contributed by atoms with Gasteiger partial charge in [0.25, 0.3) is 0 Å². The lowest BCUT2D eigenvalue weighted by molar-refractivity contribution is 0.800. The Balaban J connectivity index is 0.000000208. The first-order valence-corrected chi connectivity index (χ1v) is 16.2. The van der Waals surface area contributed by atoms with Crippen molar-refractivity contribution in [1.29, 1.82) is 0 Å². The quantitative estimate of drug-likeness (QED) is 0.180. The molecule has 0 aliphatic carbocycles. The van der Waals surface area contributed by atoms with E-state index >= 15 is 0 Å². The van der Waals surface area contributed by atoms with Gasteiger partial charge in [0.15, 0.2) is 21.9 Å². The van der Waals surface area contributed by atoms with Crippen LogP contribution in [-0.2, 0) is 0 Å². The minimum atomic E-state index is 0. The molecule has 2 aliphatic heterocycles. The molecule has 2 N–H and O–H groups in total. The van der Waals surface area contributed by atoms with Gasteiger partial charge in [-0.2, -0.15) is 0 Å². The molecule has 11 heteroatoms. The van der Waals surface area contributed by atoms with E-state index < -0.39 is 0 Å². The number of hydrogen-bond donors (Lipinski definition) is 0. The predicted molar refractivity (Wildman–Crippen MR) is 210 cm³/mol. The number of nitrogens with zero attached hydrogens (tertiary/aromatic N) is 6. The van der Waals surface area contributed by atoms with Gasteiger partial charge in [0.05, 0.1) is 0 Å². The molecule has 4 aromatic carbocycles. The summed E-state index contributed by atoms with van der Waals surface area (Å²) in [5.41, 5.74) is 5.42. The molecule has 0 radical (unpaired) electrons. The second kappa shape index (κ2) is 17.4. The predicted octanol–water partition coefficient (Wildman–Crippen LogP) is 9.17. The zero-order valence-electron chi connectivity index (χ0n) is 26.5. The van der Waals surface area contributed by atoms with Crippen molar-refractivity contribution in [3.05, 3.63) is 143 Å². The van der Waals surface area contributed by atoms with E-state index in [-0.39, 0.29) is 30.3 Å². The third kappa shape index (κ3) is 9.06.